The second-order valence-corrected chi connectivity index (χ2v) is 11.0. The first-order chi connectivity index (χ1) is 13.7. The number of carbonyl (C=O) groups excluding carboxylic acids is 2. The number of carbonyl (C=O) groups is 2. The van der Waals surface area contributed by atoms with Crippen molar-refractivity contribution in [1.29, 1.82) is 0 Å². The van der Waals surface area contributed by atoms with Gasteiger partial charge in [-0.25, -0.2) is 0 Å². The molecule has 0 N–H and O–H groups in total. The van der Waals surface area contributed by atoms with Crippen molar-refractivity contribution in [2.24, 2.45) is 11.3 Å². The van der Waals surface area contributed by atoms with Crippen molar-refractivity contribution >= 4 is 31.4 Å². The number of hydrogen-bond acceptors (Lipinski definition) is 4. The molecule has 0 spiro atoms. The number of benzene rings is 1. The van der Waals surface area contributed by atoms with E-state index in [9.17, 15) is 9.59 Å². The monoisotopic (exact) mass is 464 g/mol. The molecular weight excluding hydrogens is 431 g/mol. The molecule has 4 nitrogen and oxygen atoms in total. The number of methoxy groups -OCH3 is 2. The standard InChI is InChI=1S/C24H32O4Se/c1-17-11-10-16-23(3,4)20(17)15-14-18(2)24(21(25)27-5,22(26)28-6)29-19-12-8-7-9-13-19/h7-9,12-15,18H,10-11,16H2,1-6H3/b15-14+/t18-/m0/s1. The number of allylic oxidation sites excluding steroid dienone is 4. The molecule has 158 valence electrons. The third-order valence-electron chi connectivity index (χ3n) is 5.73. The first-order valence-electron chi connectivity index (χ1n) is 9.98. The maximum absolute atomic E-state index is 13.0. The minimum absolute atomic E-state index is 0.0856. The summed E-state index contributed by atoms with van der Waals surface area (Å²) in [6.45, 7) is 8.58. The molecule has 5 heteroatoms. The van der Waals surface area contributed by atoms with Crippen LogP contribution in [0.2, 0.25) is 4.31 Å². The Morgan fingerprint density at radius 3 is 2.24 bits per heavy atom. The van der Waals surface area contributed by atoms with Crippen LogP contribution in [0.1, 0.15) is 47.0 Å². The molecule has 0 radical (unpaired) electrons. The van der Waals surface area contributed by atoms with E-state index in [4.69, 9.17) is 9.47 Å². The third kappa shape index (κ3) is 5.02. The summed E-state index contributed by atoms with van der Waals surface area (Å²) >= 11 is -0.496. The van der Waals surface area contributed by atoms with Crippen molar-refractivity contribution in [1.82, 2.24) is 0 Å². The molecular formula is C24H32O4Se. The average Bonchev–Trinajstić information content (AvgIpc) is 2.70. The van der Waals surface area contributed by atoms with E-state index >= 15 is 0 Å². The van der Waals surface area contributed by atoms with E-state index in [1.54, 1.807) is 0 Å². The molecule has 0 heterocycles. The van der Waals surface area contributed by atoms with Crippen LogP contribution in [0.4, 0.5) is 0 Å². The molecule has 2 rings (SSSR count). The summed E-state index contributed by atoms with van der Waals surface area (Å²) in [5, 5.41) is 0. The Morgan fingerprint density at radius 1 is 1.14 bits per heavy atom. The van der Waals surface area contributed by atoms with Crippen molar-refractivity contribution in [3.05, 3.63) is 53.6 Å². The Balaban J connectivity index is 2.49. The normalized spacial score (nSPS) is 17.9. The van der Waals surface area contributed by atoms with Crippen LogP contribution in [0.25, 0.3) is 0 Å². The first-order valence-corrected chi connectivity index (χ1v) is 11.7. The van der Waals surface area contributed by atoms with Gasteiger partial charge in [0.2, 0.25) is 0 Å². The zero-order chi connectivity index (χ0) is 21.7. The summed E-state index contributed by atoms with van der Waals surface area (Å²) in [4.78, 5) is 25.9. The van der Waals surface area contributed by atoms with Gasteiger partial charge in [0.25, 0.3) is 0 Å². The zero-order valence-corrected chi connectivity index (χ0v) is 20.0. The van der Waals surface area contributed by atoms with Crippen molar-refractivity contribution in [2.45, 2.75) is 51.3 Å². The van der Waals surface area contributed by atoms with Gasteiger partial charge in [0, 0.05) is 0 Å². The van der Waals surface area contributed by atoms with Crippen LogP contribution in [0.15, 0.2) is 53.6 Å². The van der Waals surface area contributed by atoms with Gasteiger partial charge in [-0.15, -0.1) is 0 Å². The molecule has 0 aromatic heterocycles. The molecule has 0 unspecified atom stereocenters. The summed E-state index contributed by atoms with van der Waals surface area (Å²) < 4.78 is 9.81. The van der Waals surface area contributed by atoms with Crippen molar-refractivity contribution in [3.8, 4) is 0 Å². The molecule has 1 aromatic carbocycles. The van der Waals surface area contributed by atoms with Gasteiger partial charge in [-0.3, -0.25) is 0 Å². The Kier molecular flexibility index (Phi) is 7.90. The molecule has 1 aliphatic carbocycles. The molecule has 29 heavy (non-hydrogen) atoms. The van der Waals surface area contributed by atoms with Gasteiger partial charge < -0.3 is 0 Å². The Hall–Kier alpha value is -1.84. The Morgan fingerprint density at radius 2 is 1.72 bits per heavy atom. The molecule has 0 bridgehead atoms. The number of esters is 2. The Labute approximate surface area is 180 Å². The molecule has 0 amide bonds. The van der Waals surface area contributed by atoms with Gasteiger partial charge >= 0.3 is 181 Å². The van der Waals surface area contributed by atoms with Crippen LogP contribution in [0.3, 0.4) is 0 Å². The molecule has 1 aromatic rings. The SMILES string of the molecule is COC(=O)C([Se]c1ccccc1)(C(=O)OC)[C@@H](C)/C=C/C1=C(C)CCCC1(C)C. The van der Waals surface area contributed by atoms with E-state index in [-0.39, 0.29) is 11.3 Å². The molecule has 0 aliphatic heterocycles. The molecule has 0 saturated heterocycles. The van der Waals surface area contributed by atoms with Crippen LogP contribution in [-0.4, -0.2) is 41.1 Å². The van der Waals surface area contributed by atoms with E-state index in [0.29, 0.717) is 0 Å². The summed E-state index contributed by atoms with van der Waals surface area (Å²) in [7, 11) is 2.66. The predicted octanol–water partition coefficient (Wildman–Crippen LogP) is 4.24. The fourth-order valence-corrected chi connectivity index (χ4v) is 6.64. The van der Waals surface area contributed by atoms with E-state index in [0.717, 1.165) is 17.3 Å². The van der Waals surface area contributed by atoms with Crippen molar-refractivity contribution in [2.75, 3.05) is 14.2 Å². The second kappa shape index (κ2) is 9.77. The summed E-state index contributed by atoms with van der Waals surface area (Å²) in [5.74, 6) is -1.46. The minimum atomic E-state index is -1.37. The number of ether oxygens (including phenoxy) is 2. The predicted molar refractivity (Wildman–Crippen MR) is 117 cm³/mol. The van der Waals surface area contributed by atoms with Crippen LogP contribution in [0, 0.1) is 11.3 Å². The van der Waals surface area contributed by atoms with Gasteiger partial charge in [0.15, 0.2) is 0 Å². The quantitative estimate of drug-likeness (QED) is 0.345. The second-order valence-electron chi connectivity index (χ2n) is 8.21. The van der Waals surface area contributed by atoms with Gasteiger partial charge in [-0.2, -0.15) is 0 Å². The maximum atomic E-state index is 13.0. The van der Waals surface area contributed by atoms with Crippen LogP contribution >= 0.6 is 0 Å². The zero-order valence-electron chi connectivity index (χ0n) is 18.3. The summed E-state index contributed by atoms with van der Waals surface area (Å²) in [6, 6.07) is 9.62. The van der Waals surface area contributed by atoms with Crippen LogP contribution in [-0.2, 0) is 19.1 Å². The fraction of sp³-hybridized carbons (Fsp3) is 0.500. The fourth-order valence-electron chi connectivity index (χ4n) is 4.00. The van der Waals surface area contributed by atoms with Gasteiger partial charge in [-0.1, -0.05) is 0 Å². The topological polar surface area (TPSA) is 52.6 Å². The number of hydrogen-bond donors (Lipinski definition) is 0. The van der Waals surface area contributed by atoms with Crippen LogP contribution < -0.4 is 4.46 Å². The summed E-state index contributed by atoms with van der Waals surface area (Å²) in [5.41, 5.74) is 2.76. The molecule has 1 atom stereocenters. The van der Waals surface area contributed by atoms with Gasteiger partial charge in [0.05, 0.1) is 0 Å². The molecule has 0 saturated carbocycles. The van der Waals surface area contributed by atoms with Crippen molar-refractivity contribution in [3.63, 3.8) is 0 Å². The molecule has 1 aliphatic rings. The van der Waals surface area contributed by atoms with E-state index in [1.165, 1.54) is 31.8 Å². The van der Waals surface area contributed by atoms with E-state index in [1.807, 2.05) is 43.3 Å². The third-order valence-corrected chi connectivity index (χ3v) is 8.96. The van der Waals surface area contributed by atoms with Crippen molar-refractivity contribution < 1.29 is 19.1 Å². The van der Waals surface area contributed by atoms with Gasteiger partial charge in [0.1, 0.15) is 0 Å². The van der Waals surface area contributed by atoms with E-state index in [2.05, 4.69) is 26.8 Å². The first kappa shape index (κ1) is 23.4. The van der Waals surface area contributed by atoms with Gasteiger partial charge in [-0.05, 0) is 0 Å². The molecule has 0 fully saturated rings. The average molecular weight is 463 g/mol. The summed E-state index contributed by atoms with van der Waals surface area (Å²) in [6.07, 6.45) is 7.51. The van der Waals surface area contributed by atoms with E-state index < -0.39 is 31.2 Å². The number of rotatable bonds is 7. The van der Waals surface area contributed by atoms with Crippen LogP contribution in [0.5, 0.6) is 0 Å². The Bertz CT molecular complexity index is 776.